The first-order valence-electron chi connectivity index (χ1n) is 8.98. The van der Waals surface area contributed by atoms with Gasteiger partial charge in [0.1, 0.15) is 5.75 Å². The number of aromatic nitrogens is 2. The van der Waals surface area contributed by atoms with E-state index < -0.39 is 0 Å². The number of fused-ring (bicyclic) bond motifs is 3. The highest BCUT2D eigenvalue weighted by Crippen LogP contribution is 2.42. The molecule has 1 aliphatic rings. The molecule has 3 rings (SSSR count). The molecule has 1 aliphatic carbocycles. The summed E-state index contributed by atoms with van der Waals surface area (Å²) in [6.45, 7) is 9.06. The third-order valence-electron chi connectivity index (χ3n) is 4.84. The van der Waals surface area contributed by atoms with Crippen molar-refractivity contribution >= 4 is 11.8 Å². The summed E-state index contributed by atoms with van der Waals surface area (Å²) < 4.78 is 12.3. The van der Waals surface area contributed by atoms with Crippen molar-refractivity contribution in [3.63, 3.8) is 0 Å². The maximum Gasteiger partial charge on any atom is 0.258 e. The van der Waals surface area contributed by atoms with Crippen LogP contribution in [0.25, 0.3) is 11.3 Å². The van der Waals surface area contributed by atoms with Crippen LogP contribution in [0.5, 0.6) is 5.75 Å². The first kappa shape index (κ1) is 19.7. The van der Waals surface area contributed by atoms with Crippen LogP contribution in [0.2, 0.25) is 0 Å². The van der Waals surface area contributed by atoms with Crippen LogP contribution in [0.4, 0.5) is 0 Å². The van der Waals surface area contributed by atoms with Crippen LogP contribution in [-0.4, -0.2) is 36.1 Å². The predicted molar refractivity (Wildman–Crippen MR) is 110 cm³/mol. The van der Waals surface area contributed by atoms with E-state index in [1.807, 2.05) is 12.1 Å². The standard InChI is InChI=1S/C21H26N2O3S/c1-6-9-23-19(24)17-18(22-20(23)27-11-10-25-4)16-8-7-15(26-5)12-14(16)13-21(17,2)3/h6-8,12H,1,9-11,13H2,2-5H3. The van der Waals surface area contributed by atoms with Crippen LogP contribution in [0.15, 0.2) is 40.8 Å². The van der Waals surface area contributed by atoms with Crippen LogP contribution >= 0.6 is 11.8 Å². The highest BCUT2D eigenvalue weighted by atomic mass is 32.2. The summed E-state index contributed by atoms with van der Waals surface area (Å²) in [5.41, 5.74) is 3.45. The molecular weight excluding hydrogens is 360 g/mol. The van der Waals surface area contributed by atoms with Gasteiger partial charge in [0.25, 0.3) is 5.56 Å². The van der Waals surface area contributed by atoms with Gasteiger partial charge in [-0.3, -0.25) is 9.36 Å². The van der Waals surface area contributed by atoms with Crippen molar-refractivity contribution in [2.75, 3.05) is 26.6 Å². The monoisotopic (exact) mass is 386 g/mol. The molecule has 0 fully saturated rings. The lowest BCUT2D eigenvalue weighted by Crippen LogP contribution is -2.38. The first-order valence-corrected chi connectivity index (χ1v) is 9.96. The van der Waals surface area contributed by atoms with Crippen LogP contribution < -0.4 is 10.3 Å². The van der Waals surface area contributed by atoms with Crippen molar-refractivity contribution in [2.24, 2.45) is 0 Å². The minimum Gasteiger partial charge on any atom is -0.497 e. The van der Waals surface area contributed by atoms with Crippen molar-refractivity contribution in [1.82, 2.24) is 9.55 Å². The molecule has 0 bridgehead atoms. The number of allylic oxidation sites excluding steroid dienone is 1. The second kappa shape index (κ2) is 7.90. The molecule has 5 nitrogen and oxygen atoms in total. The highest BCUT2D eigenvalue weighted by Gasteiger charge is 2.36. The molecule has 0 aliphatic heterocycles. The fourth-order valence-electron chi connectivity index (χ4n) is 3.60. The number of hydrogen-bond acceptors (Lipinski definition) is 5. The summed E-state index contributed by atoms with van der Waals surface area (Å²) in [5.74, 6) is 1.56. The van der Waals surface area contributed by atoms with Gasteiger partial charge >= 0.3 is 0 Å². The van der Waals surface area contributed by atoms with Crippen LogP contribution in [-0.2, 0) is 23.1 Å². The van der Waals surface area contributed by atoms with Crippen LogP contribution in [0, 0.1) is 0 Å². The molecule has 0 N–H and O–H groups in total. The first-order chi connectivity index (χ1) is 12.9. The molecule has 0 unspecified atom stereocenters. The number of thioether (sulfide) groups is 1. The molecule has 0 amide bonds. The number of nitrogens with zero attached hydrogens (tertiary/aromatic N) is 2. The van der Waals surface area contributed by atoms with E-state index in [1.165, 1.54) is 11.8 Å². The summed E-state index contributed by atoms with van der Waals surface area (Å²) in [4.78, 5) is 18.4. The molecule has 1 heterocycles. The van der Waals surface area contributed by atoms with Gasteiger partial charge in [0.2, 0.25) is 0 Å². The molecule has 27 heavy (non-hydrogen) atoms. The minimum absolute atomic E-state index is 0.0197. The Hall–Kier alpha value is -2.05. The van der Waals surface area contributed by atoms with Crippen molar-refractivity contribution in [1.29, 1.82) is 0 Å². The zero-order chi connectivity index (χ0) is 19.6. The third-order valence-corrected chi connectivity index (χ3v) is 5.78. The Morgan fingerprint density at radius 3 is 2.81 bits per heavy atom. The Bertz CT molecular complexity index is 918. The van der Waals surface area contributed by atoms with Gasteiger partial charge in [0, 0.05) is 35.9 Å². The van der Waals surface area contributed by atoms with Crippen molar-refractivity contribution in [3.05, 3.63) is 52.3 Å². The topological polar surface area (TPSA) is 53.4 Å². The molecule has 1 aromatic heterocycles. The smallest absolute Gasteiger partial charge is 0.258 e. The molecular formula is C21H26N2O3S. The van der Waals surface area contributed by atoms with E-state index in [9.17, 15) is 4.79 Å². The molecule has 0 saturated carbocycles. The van der Waals surface area contributed by atoms with Crippen molar-refractivity contribution in [2.45, 2.75) is 37.4 Å². The van der Waals surface area contributed by atoms with Gasteiger partial charge in [-0.2, -0.15) is 0 Å². The van der Waals surface area contributed by atoms with E-state index in [0.29, 0.717) is 18.3 Å². The molecule has 0 spiro atoms. The molecule has 0 radical (unpaired) electrons. The second-order valence-electron chi connectivity index (χ2n) is 7.25. The Morgan fingerprint density at radius 2 is 2.15 bits per heavy atom. The maximum absolute atomic E-state index is 13.4. The minimum atomic E-state index is -0.308. The summed E-state index contributed by atoms with van der Waals surface area (Å²) in [5, 5.41) is 0.704. The molecule has 0 atom stereocenters. The van der Waals surface area contributed by atoms with Gasteiger partial charge in [-0.25, -0.2) is 4.98 Å². The Kier molecular flexibility index (Phi) is 5.77. The summed E-state index contributed by atoms with van der Waals surface area (Å²) >= 11 is 1.54. The van der Waals surface area contributed by atoms with Crippen LogP contribution in [0.3, 0.4) is 0 Å². The summed E-state index contributed by atoms with van der Waals surface area (Å²) in [6, 6.07) is 5.99. The average Bonchev–Trinajstić information content (AvgIpc) is 2.63. The molecule has 2 aromatic rings. The SMILES string of the molecule is C=CCn1c(SCCOC)nc2c(c1=O)C(C)(C)Cc1cc(OC)ccc1-2. The third kappa shape index (κ3) is 3.69. The van der Waals surface area contributed by atoms with E-state index in [2.05, 4.69) is 26.5 Å². The number of rotatable bonds is 7. The van der Waals surface area contributed by atoms with Crippen molar-refractivity contribution < 1.29 is 9.47 Å². The van der Waals surface area contributed by atoms with E-state index in [-0.39, 0.29) is 11.0 Å². The molecule has 144 valence electrons. The van der Waals surface area contributed by atoms with Gasteiger partial charge in [0.05, 0.1) is 19.4 Å². The highest BCUT2D eigenvalue weighted by molar-refractivity contribution is 7.99. The van der Waals surface area contributed by atoms with E-state index in [0.717, 1.165) is 40.3 Å². The lowest BCUT2D eigenvalue weighted by atomic mass is 9.72. The van der Waals surface area contributed by atoms with Crippen LogP contribution in [0.1, 0.15) is 25.0 Å². The Balaban J connectivity index is 2.23. The number of methoxy groups -OCH3 is 2. The van der Waals surface area contributed by atoms with E-state index in [4.69, 9.17) is 14.5 Å². The maximum atomic E-state index is 13.4. The van der Waals surface area contributed by atoms with Gasteiger partial charge < -0.3 is 9.47 Å². The normalized spacial score (nSPS) is 14.4. The van der Waals surface area contributed by atoms with Gasteiger partial charge in [-0.05, 0) is 30.2 Å². The summed E-state index contributed by atoms with van der Waals surface area (Å²) in [7, 11) is 3.34. The second-order valence-corrected chi connectivity index (χ2v) is 8.31. The molecule has 0 saturated heterocycles. The predicted octanol–water partition coefficient (Wildman–Crippen LogP) is 3.68. The fourth-order valence-corrected chi connectivity index (χ4v) is 4.50. The fraction of sp³-hybridized carbons (Fsp3) is 0.429. The molecule has 6 heteroatoms. The van der Waals surface area contributed by atoms with Gasteiger partial charge in [-0.15, -0.1) is 6.58 Å². The zero-order valence-corrected chi connectivity index (χ0v) is 17.2. The average molecular weight is 387 g/mol. The summed E-state index contributed by atoms with van der Waals surface area (Å²) in [6.07, 6.45) is 2.51. The Morgan fingerprint density at radius 1 is 1.37 bits per heavy atom. The van der Waals surface area contributed by atoms with Gasteiger partial charge in [0.15, 0.2) is 5.16 Å². The zero-order valence-electron chi connectivity index (χ0n) is 16.4. The number of benzene rings is 1. The van der Waals surface area contributed by atoms with Gasteiger partial charge in [-0.1, -0.05) is 31.7 Å². The lowest BCUT2D eigenvalue weighted by molar-refractivity contribution is 0.218. The van der Waals surface area contributed by atoms with Crippen molar-refractivity contribution in [3.8, 4) is 17.0 Å². The van der Waals surface area contributed by atoms with E-state index in [1.54, 1.807) is 24.9 Å². The number of ether oxygens (including phenoxy) is 2. The largest absolute Gasteiger partial charge is 0.497 e. The Labute approximate surface area is 164 Å². The quantitative estimate of drug-likeness (QED) is 0.314. The lowest BCUT2D eigenvalue weighted by Gasteiger charge is -2.33. The molecule has 1 aromatic carbocycles. The number of hydrogen-bond donors (Lipinski definition) is 0. The van der Waals surface area contributed by atoms with E-state index >= 15 is 0 Å².